The Morgan fingerprint density at radius 2 is 1.89 bits per heavy atom. The minimum atomic E-state index is -0.199. The topological polar surface area (TPSA) is 52.7 Å². The number of anilines is 1. The average Bonchev–Trinajstić information content (AvgIpc) is 3.06. The summed E-state index contributed by atoms with van der Waals surface area (Å²) in [5.41, 5.74) is 1.90. The lowest BCUT2D eigenvalue weighted by Gasteiger charge is -2.25. The van der Waals surface area contributed by atoms with Crippen LogP contribution in [0.2, 0.25) is 5.02 Å². The van der Waals surface area contributed by atoms with E-state index >= 15 is 0 Å². The zero-order chi connectivity index (χ0) is 19.9. The van der Waals surface area contributed by atoms with E-state index in [2.05, 4.69) is 12.2 Å². The number of carbonyl (C=O) groups excluding carboxylic acids is 2. The summed E-state index contributed by atoms with van der Waals surface area (Å²) < 4.78 is 0. The number of rotatable bonds is 7. The minimum Gasteiger partial charge on any atom is -0.333 e. The normalized spacial score (nSPS) is 16.3. The average molecular weight is 400 g/mol. The van der Waals surface area contributed by atoms with Crippen LogP contribution in [-0.2, 0) is 11.3 Å². The molecule has 1 saturated heterocycles. The fourth-order valence-electron chi connectivity index (χ4n) is 3.35. The monoisotopic (exact) mass is 399 g/mol. The Kier molecular flexibility index (Phi) is 6.93. The van der Waals surface area contributed by atoms with Crippen molar-refractivity contribution in [3.05, 3.63) is 65.2 Å². The lowest BCUT2D eigenvalue weighted by Crippen LogP contribution is -2.45. The van der Waals surface area contributed by atoms with Crippen LogP contribution in [0.1, 0.15) is 31.7 Å². The zero-order valence-electron chi connectivity index (χ0n) is 16.1. The van der Waals surface area contributed by atoms with Crippen molar-refractivity contribution >= 4 is 29.2 Å². The van der Waals surface area contributed by atoms with E-state index in [1.807, 2.05) is 47.4 Å². The molecule has 5 nitrogen and oxygen atoms in total. The van der Waals surface area contributed by atoms with E-state index in [-0.39, 0.29) is 18.0 Å². The summed E-state index contributed by atoms with van der Waals surface area (Å²) in [5, 5.41) is 3.68. The van der Waals surface area contributed by atoms with Crippen LogP contribution < -0.4 is 10.2 Å². The number of urea groups is 1. The molecule has 0 aliphatic carbocycles. The number of hydrogen-bond donors (Lipinski definition) is 1. The van der Waals surface area contributed by atoms with Crippen LogP contribution >= 0.6 is 11.6 Å². The van der Waals surface area contributed by atoms with Gasteiger partial charge in [-0.2, -0.15) is 0 Å². The Balaban J connectivity index is 1.62. The predicted octanol–water partition coefficient (Wildman–Crippen LogP) is 4.46. The van der Waals surface area contributed by atoms with Crippen LogP contribution in [0, 0.1) is 0 Å². The van der Waals surface area contributed by atoms with Crippen molar-refractivity contribution in [1.82, 2.24) is 10.2 Å². The quantitative estimate of drug-likeness (QED) is 0.747. The van der Waals surface area contributed by atoms with Gasteiger partial charge in [0.05, 0.1) is 6.04 Å². The van der Waals surface area contributed by atoms with E-state index in [1.54, 1.807) is 17.0 Å². The molecule has 1 aliphatic heterocycles. The van der Waals surface area contributed by atoms with Gasteiger partial charge in [-0.05, 0) is 36.2 Å². The van der Waals surface area contributed by atoms with E-state index in [1.165, 1.54) is 0 Å². The molecule has 0 bridgehead atoms. The molecule has 2 aromatic rings. The fourth-order valence-corrected chi connectivity index (χ4v) is 3.47. The van der Waals surface area contributed by atoms with Crippen molar-refractivity contribution in [1.29, 1.82) is 0 Å². The largest absolute Gasteiger partial charge is 0.333 e. The molecule has 1 N–H and O–H groups in total. The van der Waals surface area contributed by atoms with Crippen LogP contribution in [0.5, 0.6) is 0 Å². The Hall–Kier alpha value is -2.53. The molecule has 1 heterocycles. The number of benzene rings is 2. The number of amides is 3. The number of hydrogen-bond acceptors (Lipinski definition) is 2. The third-order valence-electron chi connectivity index (χ3n) is 4.88. The highest BCUT2D eigenvalue weighted by atomic mass is 35.5. The SMILES string of the molecule is CCCCN(Cc1ccccc1)C(=O)N[C@H]1CC(=O)N(c2ccc(Cl)cc2)C1. The smallest absolute Gasteiger partial charge is 0.317 e. The van der Waals surface area contributed by atoms with Gasteiger partial charge in [0.1, 0.15) is 0 Å². The van der Waals surface area contributed by atoms with Crippen molar-refractivity contribution in [2.75, 3.05) is 18.0 Å². The van der Waals surface area contributed by atoms with Gasteiger partial charge in [-0.25, -0.2) is 4.79 Å². The summed E-state index contributed by atoms with van der Waals surface area (Å²) in [4.78, 5) is 28.8. The summed E-state index contributed by atoms with van der Waals surface area (Å²) in [6.07, 6.45) is 2.27. The van der Waals surface area contributed by atoms with Crippen molar-refractivity contribution in [3.63, 3.8) is 0 Å². The zero-order valence-corrected chi connectivity index (χ0v) is 16.9. The molecule has 148 valence electrons. The fraction of sp³-hybridized carbons (Fsp3) is 0.364. The second kappa shape index (κ2) is 9.60. The van der Waals surface area contributed by atoms with Gasteiger partial charge >= 0.3 is 6.03 Å². The van der Waals surface area contributed by atoms with Crippen molar-refractivity contribution in [2.45, 2.75) is 38.8 Å². The van der Waals surface area contributed by atoms with Gasteiger partial charge in [-0.3, -0.25) is 4.79 Å². The summed E-state index contributed by atoms with van der Waals surface area (Å²) in [6, 6.07) is 16.8. The van der Waals surface area contributed by atoms with Crippen LogP contribution in [0.3, 0.4) is 0 Å². The number of halogens is 1. The van der Waals surface area contributed by atoms with Crippen LogP contribution in [0.15, 0.2) is 54.6 Å². The summed E-state index contributed by atoms with van der Waals surface area (Å²) in [6.45, 7) is 3.84. The summed E-state index contributed by atoms with van der Waals surface area (Å²) in [5.74, 6) is 0.00999. The van der Waals surface area contributed by atoms with Gasteiger partial charge in [0.25, 0.3) is 0 Å². The molecule has 1 aliphatic rings. The van der Waals surface area contributed by atoms with Gasteiger partial charge in [0.15, 0.2) is 0 Å². The maximum absolute atomic E-state index is 12.9. The first kappa shape index (κ1) is 20.2. The molecular formula is C22H26ClN3O2. The molecule has 6 heteroatoms. The number of carbonyl (C=O) groups is 2. The molecule has 3 amide bonds. The molecule has 28 heavy (non-hydrogen) atoms. The third-order valence-corrected chi connectivity index (χ3v) is 5.13. The minimum absolute atomic E-state index is 0.00999. The molecule has 1 fully saturated rings. The molecule has 0 unspecified atom stereocenters. The van der Waals surface area contributed by atoms with E-state index in [0.717, 1.165) is 24.1 Å². The van der Waals surface area contributed by atoms with Gasteiger partial charge < -0.3 is 15.1 Å². The van der Waals surface area contributed by atoms with Crippen LogP contribution in [0.4, 0.5) is 10.5 Å². The van der Waals surface area contributed by atoms with Crippen LogP contribution in [0.25, 0.3) is 0 Å². The Morgan fingerprint density at radius 1 is 1.18 bits per heavy atom. The lowest BCUT2D eigenvalue weighted by atomic mass is 10.2. The molecule has 0 spiro atoms. The van der Waals surface area contributed by atoms with E-state index in [4.69, 9.17) is 11.6 Å². The maximum atomic E-state index is 12.9. The third kappa shape index (κ3) is 5.26. The Bertz CT molecular complexity index is 795. The number of unbranched alkanes of at least 4 members (excludes halogenated alkanes) is 1. The second-order valence-electron chi connectivity index (χ2n) is 7.09. The molecule has 0 aromatic heterocycles. The standard InChI is InChI=1S/C22H26ClN3O2/c1-2-3-13-25(15-17-7-5-4-6-8-17)22(28)24-19-14-21(27)26(16-19)20-11-9-18(23)10-12-20/h4-12,19H,2-3,13-16H2,1H3,(H,24,28)/t19-/m0/s1. The number of nitrogens with zero attached hydrogens (tertiary/aromatic N) is 2. The summed E-state index contributed by atoms with van der Waals surface area (Å²) >= 11 is 5.93. The highest BCUT2D eigenvalue weighted by Gasteiger charge is 2.32. The highest BCUT2D eigenvalue weighted by molar-refractivity contribution is 6.30. The Morgan fingerprint density at radius 3 is 2.57 bits per heavy atom. The van der Waals surface area contributed by atoms with Crippen LogP contribution in [-0.4, -0.2) is 36.0 Å². The molecular weight excluding hydrogens is 374 g/mol. The number of nitrogens with one attached hydrogen (secondary N) is 1. The first-order chi connectivity index (χ1) is 13.6. The molecule has 1 atom stereocenters. The van der Waals surface area contributed by atoms with Crippen molar-refractivity contribution in [2.24, 2.45) is 0 Å². The second-order valence-corrected chi connectivity index (χ2v) is 7.53. The van der Waals surface area contributed by atoms with E-state index in [0.29, 0.717) is 31.1 Å². The highest BCUT2D eigenvalue weighted by Crippen LogP contribution is 2.23. The lowest BCUT2D eigenvalue weighted by molar-refractivity contribution is -0.117. The van der Waals surface area contributed by atoms with Gasteiger partial charge in [0, 0.05) is 36.8 Å². The molecule has 0 radical (unpaired) electrons. The van der Waals surface area contributed by atoms with Gasteiger partial charge in [-0.1, -0.05) is 55.3 Å². The van der Waals surface area contributed by atoms with Crippen molar-refractivity contribution < 1.29 is 9.59 Å². The molecule has 2 aromatic carbocycles. The maximum Gasteiger partial charge on any atom is 0.317 e. The predicted molar refractivity (Wildman–Crippen MR) is 113 cm³/mol. The first-order valence-corrected chi connectivity index (χ1v) is 10.1. The Labute approximate surface area is 171 Å². The van der Waals surface area contributed by atoms with Gasteiger partial charge in [-0.15, -0.1) is 0 Å². The first-order valence-electron chi connectivity index (χ1n) is 9.72. The van der Waals surface area contributed by atoms with E-state index in [9.17, 15) is 9.59 Å². The van der Waals surface area contributed by atoms with E-state index < -0.39 is 0 Å². The van der Waals surface area contributed by atoms with Crippen molar-refractivity contribution in [3.8, 4) is 0 Å². The molecule has 3 rings (SSSR count). The van der Waals surface area contributed by atoms with Gasteiger partial charge in [0.2, 0.25) is 5.91 Å². The molecule has 0 saturated carbocycles. The summed E-state index contributed by atoms with van der Waals surface area (Å²) in [7, 11) is 0.